The highest BCUT2D eigenvalue weighted by Gasteiger charge is 2.73. The van der Waals surface area contributed by atoms with Crippen molar-refractivity contribution < 1.29 is 19.1 Å². The van der Waals surface area contributed by atoms with E-state index in [-0.39, 0.29) is 38.8 Å². The fourth-order valence-corrected chi connectivity index (χ4v) is 10.0. The van der Waals surface area contributed by atoms with Crippen LogP contribution in [0.25, 0.3) is 0 Å². The molecule has 0 aliphatic heterocycles. The Balaban J connectivity index is 1.59. The molecule has 0 spiro atoms. The second-order valence-corrected chi connectivity index (χ2v) is 14.6. The molecule has 0 bridgehead atoms. The van der Waals surface area contributed by atoms with Gasteiger partial charge in [0.2, 0.25) is 0 Å². The number of carbonyl (C=O) groups excluding carboxylic acids is 3. The Morgan fingerprint density at radius 1 is 0.853 bits per heavy atom. The molecule has 4 heteroatoms. The topological polar surface area (TPSA) is 60.4 Å². The summed E-state index contributed by atoms with van der Waals surface area (Å²) in [5, 5.41) is 0. The fourth-order valence-electron chi connectivity index (χ4n) is 10.0. The van der Waals surface area contributed by atoms with E-state index in [9.17, 15) is 14.4 Å². The Kier molecular flexibility index (Phi) is 5.18. The summed E-state index contributed by atoms with van der Waals surface area (Å²) in [4.78, 5) is 38.7. The fraction of sp³-hybridized carbons (Fsp3) is 0.833. The number of ketones is 2. The van der Waals surface area contributed by atoms with Crippen molar-refractivity contribution in [2.75, 3.05) is 0 Å². The molecule has 0 saturated heterocycles. The molecule has 5 aliphatic rings. The Hall–Kier alpha value is -1.19. The second kappa shape index (κ2) is 7.19. The summed E-state index contributed by atoms with van der Waals surface area (Å²) in [6.45, 7) is 16.7. The average molecular weight is 469 g/mol. The molecule has 5 rings (SSSR count). The molecule has 5 saturated carbocycles. The van der Waals surface area contributed by atoms with Crippen LogP contribution in [0.1, 0.15) is 113 Å². The zero-order valence-electron chi connectivity index (χ0n) is 22.4. The van der Waals surface area contributed by atoms with E-state index in [2.05, 4.69) is 48.5 Å². The van der Waals surface area contributed by atoms with Crippen molar-refractivity contribution in [2.45, 2.75) is 118 Å². The normalized spacial score (nSPS) is 48.2. The quantitative estimate of drug-likeness (QED) is 0.437. The molecule has 5 fully saturated rings. The molecule has 0 aromatic heterocycles. The van der Waals surface area contributed by atoms with Crippen molar-refractivity contribution >= 4 is 18.0 Å². The molecule has 4 nitrogen and oxygen atoms in total. The first kappa shape index (κ1) is 24.5. The van der Waals surface area contributed by atoms with Crippen LogP contribution in [0.5, 0.6) is 0 Å². The molecule has 0 amide bonds. The lowest BCUT2D eigenvalue weighted by atomic mass is 9.32. The van der Waals surface area contributed by atoms with Gasteiger partial charge in [-0.1, -0.05) is 48.5 Å². The molecule has 0 heterocycles. The van der Waals surface area contributed by atoms with Gasteiger partial charge in [-0.25, -0.2) is 0 Å². The van der Waals surface area contributed by atoms with E-state index in [1.807, 2.05) is 0 Å². The molecule has 188 valence electrons. The molecule has 0 aromatic rings. The molecule has 2 radical (unpaired) electrons. The van der Waals surface area contributed by atoms with Crippen LogP contribution in [0.4, 0.5) is 0 Å². The standard InChI is InChI=1S/C30H44O4/c1-25(2)12-14-30(34-18-31)15-13-29(7)24(19(30)17-25)20(32)16-22-27(5)10-9-23(33)26(3,4)21(27)8-11-28(22,29)6/h18,21-22H,8-17H2,1-7H3/t21-,22+,27-,28+,29+,30-/m0/s1. The summed E-state index contributed by atoms with van der Waals surface area (Å²) in [6.07, 6.45) is 8.58. The molecular weight excluding hydrogens is 424 g/mol. The summed E-state index contributed by atoms with van der Waals surface area (Å²) < 4.78 is 5.90. The first-order valence-electron chi connectivity index (χ1n) is 13.6. The maximum atomic E-state index is 14.2. The van der Waals surface area contributed by atoms with E-state index in [1.54, 1.807) is 0 Å². The molecule has 5 aliphatic carbocycles. The van der Waals surface area contributed by atoms with Gasteiger partial charge in [-0.05, 0) is 84.9 Å². The third-order valence-corrected chi connectivity index (χ3v) is 12.3. The lowest BCUT2D eigenvalue weighted by Gasteiger charge is -2.71. The van der Waals surface area contributed by atoms with Crippen LogP contribution in [-0.2, 0) is 19.1 Å². The van der Waals surface area contributed by atoms with Gasteiger partial charge in [0.1, 0.15) is 17.2 Å². The minimum absolute atomic E-state index is 0.000109. The van der Waals surface area contributed by atoms with Gasteiger partial charge in [-0.2, -0.15) is 0 Å². The van der Waals surface area contributed by atoms with Crippen molar-refractivity contribution in [2.24, 2.45) is 38.9 Å². The maximum absolute atomic E-state index is 14.2. The van der Waals surface area contributed by atoms with E-state index in [1.165, 1.54) is 0 Å². The van der Waals surface area contributed by atoms with Crippen LogP contribution in [0.2, 0.25) is 0 Å². The third kappa shape index (κ3) is 2.92. The van der Waals surface area contributed by atoms with Gasteiger partial charge in [-0.3, -0.25) is 14.4 Å². The van der Waals surface area contributed by atoms with Gasteiger partial charge in [0.25, 0.3) is 6.47 Å². The molecule has 6 atom stereocenters. The first-order chi connectivity index (χ1) is 15.7. The van der Waals surface area contributed by atoms with Crippen molar-refractivity contribution in [1.82, 2.24) is 0 Å². The Morgan fingerprint density at radius 3 is 2.21 bits per heavy atom. The summed E-state index contributed by atoms with van der Waals surface area (Å²) in [5.74, 6) is 3.45. The van der Waals surface area contributed by atoms with Crippen LogP contribution in [0.15, 0.2) is 0 Å². The van der Waals surface area contributed by atoms with E-state index < -0.39 is 5.60 Å². The van der Waals surface area contributed by atoms with E-state index in [4.69, 9.17) is 4.74 Å². The number of carbonyl (C=O) groups is 3. The SMILES string of the molecule is CC1(C)CC[C@]2(OC=O)CC[C@]3(C)[C]([C]2C1)C(=O)C[C@@H]1[C@@]2(C)CCC(=O)C(C)(C)[C@@H]2CC[C@]13C. The van der Waals surface area contributed by atoms with Crippen LogP contribution in [0.3, 0.4) is 0 Å². The highest BCUT2D eigenvalue weighted by atomic mass is 16.5. The van der Waals surface area contributed by atoms with Gasteiger partial charge in [0.05, 0.1) is 5.92 Å². The van der Waals surface area contributed by atoms with E-state index in [0.29, 0.717) is 31.0 Å². The lowest BCUT2D eigenvalue weighted by molar-refractivity contribution is -0.199. The minimum Gasteiger partial charge on any atom is -0.461 e. The number of rotatable bonds is 2. The van der Waals surface area contributed by atoms with Gasteiger partial charge in [0.15, 0.2) is 0 Å². The summed E-state index contributed by atoms with van der Waals surface area (Å²) in [6, 6.07) is 0. The number of hydrogen-bond donors (Lipinski definition) is 0. The molecule has 0 aromatic carbocycles. The number of Topliss-reactive ketones (excluding diaryl/α,β-unsaturated/α-hetero) is 2. The lowest BCUT2D eigenvalue weighted by Crippen LogP contribution is -2.69. The smallest absolute Gasteiger partial charge is 0.293 e. The largest absolute Gasteiger partial charge is 0.461 e. The summed E-state index contributed by atoms with van der Waals surface area (Å²) in [7, 11) is 0. The van der Waals surface area contributed by atoms with Gasteiger partial charge in [0, 0.05) is 24.2 Å². The van der Waals surface area contributed by atoms with Crippen LogP contribution in [-0.4, -0.2) is 23.6 Å². The van der Waals surface area contributed by atoms with Crippen LogP contribution >= 0.6 is 0 Å². The Labute approximate surface area is 206 Å². The zero-order chi connectivity index (χ0) is 24.9. The van der Waals surface area contributed by atoms with Crippen LogP contribution in [0, 0.1) is 50.7 Å². The number of fused-ring (bicyclic) bond motifs is 7. The monoisotopic (exact) mass is 468 g/mol. The number of ether oxygens (including phenoxy) is 1. The zero-order valence-corrected chi connectivity index (χ0v) is 22.4. The predicted molar refractivity (Wildman–Crippen MR) is 131 cm³/mol. The molecule has 34 heavy (non-hydrogen) atoms. The minimum atomic E-state index is -0.592. The van der Waals surface area contributed by atoms with E-state index in [0.717, 1.165) is 63.2 Å². The van der Waals surface area contributed by atoms with Gasteiger partial charge < -0.3 is 4.74 Å². The highest BCUT2D eigenvalue weighted by molar-refractivity contribution is 5.99. The Morgan fingerprint density at radius 2 is 1.53 bits per heavy atom. The van der Waals surface area contributed by atoms with Gasteiger partial charge >= 0.3 is 0 Å². The van der Waals surface area contributed by atoms with Crippen LogP contribution < -0.4 is 0 Å². The summed E-state index contributed by atoms with van der Waals surface area (Å²) in [5.41, 5.74) is -1.02. The van der Waals surface area contributed by atoms with Crippen molar-refractivity contribution in [3.8, 4) is 0 Å². The average Bonchev–Trinajstić information content (AvgIpc) is 2.74. The van der Waals surface area contributed by atoms with Crippen molar-refractivity contribution in [1.29, 1.82) is 0 Å². The molecule has 0 unspecified atom stereocenters. The van der Waals surface area contributed by atoms with Crippen molar-refractivity contribution in [3.63, 3.8) is 0 Å². The first-order valence-corrected chi connectivity index (χ1v) is 13.6. The molecule has 0 N–H and O–H groups in total. The van der Waals surface area contributed by atoms with Crippen molar-refractivity contribution in [3.05, 3.63) is 11.8 Å². The van der Waals surface area contributed by atoms with Gasteiger partial charge in [-0.15, -0.1) is 0 Å². The third-order valence-electron chi connectivity index (χ3n) is 12.3. The number of hydrogen-bond acceptors (Lipinski definition) is 4. The highest BCUT2D eigenvalue weighted by Crippen LogP contribution is 2.76. The second-order valence-electron chi connectivity index (χ2n) is 14.6. The predicted octanol–water partition coefficient (Wildman–Crippen LogP) is 6.46. The maximum Gasteiger partial charge on any atom is 0.293 e. The molecular formula is C30H44O4. The van der Waals surface area contributed by atoms with E-state index >= 15 is 0 Å². The Bertz CT molecular complexity index is 919. The summed E-state index contributed by atoms with van der Waals surface area (Å²) >= 11 is 0.